The lowest BCUT2D eigenvalue weighted by molar-refractivity contribution is 0.321. The van der Waals surface area contributed by atoms with Crippen LogP contribution in [0.15, 0.2) is 17.5 Å². The quantitative estimate of drug-likeness (QED) is 0.375. The van der Waals surface area contributed by atoms with E-state index >= 15 is 0 Å². The lowest BCUT2D eigenvalue weighted by atomic mass is 10.5. The van der Waals surface area contributed by atoms with E-state index in [2.05, 4.69) is 15.1 Å². The molecular formula is C5H4ClN3O. The van der Waals surface area contributed by atoms with Crippen molar-refractivity contribution >= 4 is 17.8 Å². The molecule has 0 aliphatic carbocycles. The molecule has 0 bridgehead atoms. The van der Waals surface area contributed by atoms with E-state index in [4.69, 9.17) is 16.8 Å². The first-order chi connectivity index (χ1) is 4.84. The zero-order chi connectivity index (χ0) is 7.40. The normalized spacial score (nSPS) is 10.5. The Morgan fingerprint density at radius 1 is 1.50 bits per heavy atom. The first-order valence-electron chi connectivity index (χ1n) is 2.48. The van der Waals surface area contributed by atoms with E-state index in [-0.39, 0.29) is 5.15 Å². The Bertz CT molecular complexity index is 250. The SMILES string of the molecule is ON=Cc1nccnc1Cl. The average Bonchev–Trinajstić information content (AvgIpc) is 1.94. The average molecular weight is 158 g/mol. The third-order valence-electron chi connectivity index (χ3n) is 0.860. The molecule has 0 atom stereocenters. The summed E-state index contributed by atoms with van der Waals surface area (Å²) in [6, 6.07) is 0. The van der Waals surface area contributed by atoms with E-state index in [0.717, 1.165) is 6.21 Å². The molecule has 1 aromatic heterocycles. The van der Waals surface area contributed by atoms with Crippen LogP contribution in [0.5, 0.6) is 0 Å². The van der Waals surface area contributed by atoms with Crippen molar-refractivity contribution in [2.75, 3.05) is 0 Å². The summed E-state index contributed by atoms with van der Waals surface area (Å²) < 4.78 is 0. The number of nitrogens with zero attached hydrogens (tertiary/aromatic N) is 3. The van der Waals surface area contributed by atoms with Crippen molar-refractivity contribution in [1.29, 1.82) is 0 Å². The summed E-state index contributed by atoms with van der Waals surface area (Å²) in [6.07, 6.45) is 4.04. The molecule has 4 nitrogen and oxygen atoms in total. The van der Waals surface area contributed by atoms with E-state index in [9.17, 15) is 0 Å². The van der Waals surface area contributed by atoms with Crippen LogP contribution < -0.4 is 0 Å². The summed E-state index contributed by atoms with van der Waals surface area (Å²) >= 11 is 5.53. The third-order valence-corrected chi connectivity index (χ3v) is 1.15. The standard InChI is InChI=1S/C5H4ClN3O/c6-5-4(3-9-10)7-1-2-8-5/h1-3,10H. The molecule has 0 fully saturated rings. The van der Waals surface area contributed by atoms with Crippen LogP contribution in [0.25, 0.3) is 0 Å². The Morgan fingerprint density at radius 3 is 2.80 bits per heavy atom. The van der Waals surface area contributed by atoms with Crippen LogP contribution in [-0.2, 0) is 0 Å². The lowest BCUT2D eigenvalue weighted by Crippen LogP contribution is -1.89. The van der Waals surface area contributed by atoms with Gasteiger partial charge in [-0.2, -0.15) is 0 Å². The second kappa shape index (κ2) is 3.12. The summed E-state index contributed by atoms with van der Waals surface area (Å²) in [5, 5.41) is 11.1. The second-order valence-corrected chi connectivity index (χ2v) is 1.83. The van der Waals surface area contributed by atoms with E-state index in [0.29, 0.717) is 5.69 Å². The molecule has 1 N–H and O–H groups in total. The highest BCUT2D eigenvalue weighted by Crippen LogP contribution is 2.04. The van der Waals surface area contributed by atoms with Gasteiger partial charge in [0.15, 0.2) is 5.15 Å². The molecule has 0 saturated heterocycles. The van der Waals surface area contributed by atoms with Gasteiger partial charge in [-0.25, -0.2) is 4.98 Å². The molecule has 0 saturated carbocycles. The zero-order valence-corrected chi connectivity index (χ0v) is 5.65. The molecular weight excluding hydrogens is 154 g/mol. The van der Waals surface area contributed by atoms with Gasteiger partial charge in [0.05, 0.1) is 6.21 Å². The Labute approximate surface area is 62.2 Å². The molecule has 0 aliphatic heterocycles. The maximum Gasteiger partial charge on any atom is 0.156 e. The van der Waals surface area contributed by atoms with Gasteiger partial charge in [0.25, 0.3) is 0 Å². The van der Waals surface area contributed by atoms with Gasteiger partial charge in [0.1, 0.15) is 5.69 Å². The Hall–Kier alpha value is -1.16. The van der Waals surface area contributed by atoms with E-state index in [1.165, 1.54) is 12.4 Å². The lowest BCUT2D eigenvalue weighted by Gasteiger charge is -1.90. The minimum absolute atomic E-state index is 0.223. The molecule has 5 heteroatoms. The van der Waals surface area contributed by atoms with E-state index in [1.54, 1.807) is 0 Å². The fourth-order valence-electron chi connectivity index (χ4n) is 0.473. The first kappa shape index (κ1) is 6.95. The summed E-state index contributed by atoms with van der Waals surface area (Å²) in [5.41, 5.74) is 0.353. The Kier molecular flexibility index (Phi) is 2.17. The van der Waals surface area contributed by atoms with Crippen molar-refractivity contribution in [3.8, 4) is 0 Å². The molecule has 0 spiro atoms. The Balaban J connectivity index is 3.03. The molecule has 0 unspecified atom stereocenters. The van der Waals surface area contributed by atoms with Gasteiger partial charge in [0, 0.05) is 12.4 Å². The first-order valence-corrected chi connectivity index (χ1v) is 2.86. The maximum absolute atomic E-state index is 8.09. The second-order valence-electron chi connectivity index (χ2n) is 1.48. The third kappa shape index (κ3) is 1.41. The summed E-state index contributed by atoms with van der Waals surface area (Å²) in [6.45, 7) is 0. The van der Waals surface area contributed by atoms with Crippen molar-refractivity contribution in [1.82, 2.24) is 9.97 Å². The van der Waals surface area contributed by atoms with Crippen LogP contribution in [0.4, 0.5) is 0 Å². The largest absolute Gasteiger partial charge is 0.411 e. The van der Waals surface area contributed by atoms with Crippen LogP contribution in [0.2, 0.25) is 5.15 Å². The van der Waals surface area contributed by atoms with Crippen LogP contribution in [0, 0.1) is 0 Å². The minimum Gasteiger partial charge on any atom is -0.411 e. The van der Waals surface area contributed by atoms with Crippen molar-refractivity contribution in [3.63, 3.8) is 0 Å². The van der Waals surface area contributed by atoms with Crippen molar-refractivity contribution in [2.24, 2.45) is 5.16 Å². The predicted octanol–water partition coefficient (Wildman–Crippen LogP) is 0.938. The monoisotopic (exact) mass is 157 g/mol. The number of rotatable bonds is 1. The maximum atomic E-state index is 8.09. The highest BCUT2D eigenvalue weighted by molar-refractivity contribution is 6.31. The number of hydrogen-bond acceptors (Lipinski definition) is 4. The van der Waals surface area contributed by atoms with Gasteiger partial charge >= 0.3 is 0 Å². The van der Waals surface area contributed by atoms with Crippen molar-refractivity contribution in [3.05, 3.63) is 23.2 Å². The minimum atomic E-state index is 0.223. The van der Waals surface area contributed by atoms with Crippen LogP contribution >= 0.6 is 11.6 Å². The van der Waals surface area contributed by atoms with E-state index < -0.39 is 0 Å². The molecule has 0 aromatic carbocycles. The van der Waals surface area contributed by atoms with E-state index in [1.807, 2.05) is 0 Å². The van der Waals surface area contributed by atoms with Crippen molar-refractivity contribution in [2.45, 2.75) is 0 Å². The number of hydrogen-bond donors (Lipinski definition) is 1. The molecule has 52 valence electrons. The van der Waals surface area contributed by atoms with Gasteiger partial charge in [-0.3, -0.25) is 4.98 Å². The van der Waals surface area contributed by atoms with Gasteiger partial charge in [0.2, 0.25) is 0 Å². The number of halogens is 1. The van der Waals surface area contributed by atoms with Gasteiger partial charge in [-0.1, -0.05) is 16.8 Å². The van der Waals surface area contributed by atoms with Crippen LogP contribution in [0.3, 0.4) is 0 Å². The fraction of sp³-hybridized carbons (Fsp3) is 0. The molecule has 0 radical (unpaired) electrons. The molecule has 10 heavy (non-hydrogen) atoms. The molecule has 1 heterocycles. The summed E-state index contributed by atoms with van der Waals surface area (Å²) in [7, 11) is 0. The molecule has 1 aromatic rings. The molecule has 0 amide bonds. The van der Waals surface area contributed by atoms with Gasteiger partial charge in [-0.15, -0.1) is 0 Å². The molecule has 0 aliphatic rings. The van der Waals surface area contributed by atoms with Gasteiger partial charge in [-0.05, 0) is 0 Å². The fourth-order valence-corrected chi connectivity index (χ4v) is 0.627. The van der Waals surface area contributed by atoms with Gasteiger partial charge < -0.3 is 5.21 Å². The highest BCUT2D eigenvalue weighted by Gasteiger charge is 1.96. The zero-order valence-electron chi connectivity index (χ0n) is 4.90. The number of oxime groups is 1. The summed E-state index contributed by atoms with van der Waals surface area (Å²) in [5.74, 6) is 0. The van der Waals surface area contributed by atoms with Crippen LogP contribution in [0.1, 0.15) is 5.69 Å². The predicted molar refractivity (Wildman–Crippen MR) is 36.4 cm³/mol. The molecule has 1 rings (SSSR count). The topological polar surface area (TPSA) is 58.4 Å². The highest BCUT2D eigenvalue weighted by atomic mass is 35.5. The summed E-state index contributed by atoms with van der Waals surface area (Å²) in [4.78, 5) is 7.46. The van der Waals surface area contributed by atoms with Crippen LogP contribution in [-0.4, -0.2) is 21.4 Å². The Morgan fingerprint density at radius 2 is 2.20 bits per heavy atom. The van der Waals surface area contributed by atoms with Crippen molar-refractivity contribution < 1.29 is 5.21 Å². The smallest absolute Gasteiger partial charge is 0.156 e. The number of aromatic nitrogens is 2.